The molecule has 0 bridgehead atoms. The van der Waals surface area contributed by atoms with E-state index in [-0.39, 0.29) is 0 Å². The van der Waals surface area contributed by atoms with Crippen LogP contribution in [0.15, 0.2) is 17.3 Å². The molecule has 0 N–H and O–H groups in total. The lowest BCUT2D eigenvalue weighted by Crippen LogP contribution is -1.96. The lowest BCUT2D eigenvalue weighted by Gasteiger charge is -2.09. The minimum absolute atomic E-state index is 0.639. The molecule has 0 atom stereocenters. The van der Waals surface area contributed by atoms with Crippen molar-refractivity contribution in [1.82, 2.24) is 4.98 Å². The normalized spacial score (nSPS) is 15.2. The standard InChI is InChI=1S/C10H13NS/c1-7(2)8-3-5-11-10-9(8)4-6-12-10/h3,5,7H,4,6H2,1-2H3. The van der Waals surface area contributed by atoms with Crippen LogP contribution in [0, 0.1) is 0 Å². The monoisotopic (exact) mass is 179 g/mol. The van der Waals surface area contributed by atoms with E-state index in [0.717, 1.165) is 0 Å². The molecular formula is C10H13NS. The van der Waals surface area contributed by atoms with E-state index < -0.39 is 0 Å². The van der Waals surface area contributed by atoms with Crippen LogP contribution in [-0.4, -0.2) is 10.7 Å². The number of nitrogens with zero attached hydrogens (tertiary/aromatic N) is 1. The summed E-state index contributed by atoms with van der Waals surface area (Å²) in [7, 11) is 0. The molecule has 0 radical (unpaired) electrons. The summed E-state index contributed by atoms with van der Waals surface area (Å²) in [6.45, 7) is 4.50. The highest BCUT2D eigenvalue weighted by molar-refractivity contribution is 7.99. The molecule has 0 aromatic carbocycles. The fraction of sp³-hybridized carbons (Fsp3) is 0.500. The number of pyridine rings is 1. The first-order valence-corrected chi connectivity index (χ1v) is 5.38. The molecule has 2 rings (SSSR count). The van der Waals surface area contributed by atoms with Crippen molar-refractivity contribution in [3.63, 3.8) is 0 Å². The van der Waals surface area contributed by atoms with Gasteiger partial charge < -0.3 is 0 Å². The second-order valence-electron chi connectivity index (χ2n) is 3.44. The molecule has 0 amide bonds. The number of aromatic nitrogens is 1. The first-order valence-electron chi connectivity index (χ1n) is 4.39. The van der Waals surface area contributed by atoms with E-state index in [9.17, 15) is 0 Å². The predicted octanol–water partition coefficient (Wildman–Crippen LogP) is 2.85. The van der Waals surface area contributed by atoms with Crippen molar-refractivity contribution < 1.29 is 0 Å². The zero-order valence-electron chi connectivity index (χ0n) is 7.50. The Kier molecular flexibility index (Phi) is 2.09. The van der Waals surface area contributed by atoms with Crippen molar-refractivity contribution in [2.75, 3.05) is 5.75 Å². The van der Waals surface area contributed by atoms with Gasteiger partial charge in [-0.1, -0.05) is 13.8 Å². The Morgan fingerprint density at radius 1 is 1.50 bits per heavy atom. The van der Waals surface area contributed by atoms with Crippen LogP contribution in [-0.2, 0) is 6.42 Å². The van der Waals surface area contributed by atoms with Crippen molar-refractivity contribution in [2.45, 2.75) is 31.2 Å². The Labute approximate surface area is 77.6 Å². The molecule has 1 aliphatic heterocycles. The zero-order valence-corrected chi connectivity index (χ0v) is 8.32. The molecular weight excluding hydrogens is 166 g/mol. The third-order valence-electron chi connectivity index (χ3n) is 2.27. The molecule has 0 unspecified atom stereocenters. The molecule has 0 saturated heterocycles. The molecule has 0 spiro atoms. The van der Waals surface area contributed by atoms with Crippen molar-refractivity contribution in [3.8, 4) is 0 Å². The highest BCUT2D eigenvalue weighted by atomic mass is 32.2. The Bertz CT molecular complexity index is 294. The van der Waals surface area contributed by atoms with Gasteiger partial charge >= 0.3 is 0 Å². The van der Waals surface area contributed by atoms with Gasteiger partial charge in [0.15, 0.2) is 0 Å². The van der Waals surface area contributed by atoms with E-state index in [1.54, 1.807) is 0 Å². The van der Waals surface area contributed by atoms with E-state index in [1.165, 1.54) is 28.3 Å². The van der Waals surface area contributed by atoms with Gasteiger partial charge in [-0.3, -0.25) is 0 Å². The lowest BCUT2D eigenvalue weighted by molar-refractivity contribution is 0.827. The van der Waals surface area contributed by atoms with Crippen LogP contribution < -0.4 is 0 Å². The topological polar surface area (TPSA) is 12.9 Å². The van der Waals surface area contributed by atoms with Gasteiger partial charge in [0.1, 0.15) is 0 Å². The van der Waals surface area contributed by atoms with Gasteiger partial charge in [-0.2, -0.15) is 0 Å². The third kappa shape index (κ3) is 1.24. The summed E-state index contributed by atoms with van der Waals surface area (Å²) in [5, 5.41) is 1.27. The van der Waals surface area contributed by atoms with Gasteiger partial charge in [-0.05, 0) is 29.5 Å². The van der Waals surface area contributed by atoms with E-state index in [1.807, 2.05) is 18.0 Å². The van der Waals surface area contributed by atoms with Crippen LogP contribution >= 0.6 is 11.8 Å². The third-order valence-corrected chi connectivity index (χ3v) is 3.30. The number of fused-ring (bicyclic) bond motifs is 1. The molecule has 2 heteroatoms. The van der Waals surface area contributed by atoms with Crippen LogP contribution in [0.5, 0.6) is 0 Å². The Balaban J connectivity index is 2.49. The van der Waals surface area contributed by atoms with Gasteiger partial charge in [-0.15, -0.1) is 11.8 Å². The zero-order chi connectivity index (χ0) is 8.55. The Hall–Kier alpha value is -0.500. The molecule has 0 saturated carbocycles. The number of rotatable bonds is 1. The summed E-state index contributed by atoms with van der Waals surface area (Å²) in [6, 6.07) is 2.16. The first-order chi connectivity index (χ1) is 5.79. The van der Waals surface area contributed by atoms with Gasteiger partial charge in [0, 0.05) is 11.9 Å². The molecule has 0 fully saturated rings. The first kappa shape index (κ1) is 8.11. The van der Waals surface area contributed by atoms with Crippen LogP contribution in [0.2, 0.25) is 0 Å². The van der Waals surface area contributed by atoms with Crippen molar-refractivity contribution in [1.29, 1.82) is 0 Å². The molecule has 1 nitrogen and oxygen atoms in total. The largest absolute Gasteiger partial charge is 0.250 e. The molecule has 1 aliphatic rings. The van der Waals surface area contributed by atoms with Crippen molar-refractivity contribution in [2.24, 2.45) is 0 Å². The summed E-state index contributed by atoms with van der Waals surface area (Å²) in [5.41, 5.74) is 2.99. The summed E-state index contributed by atoms with van der Waals surface area (Å²) in [6.07, 6.45) is 3.15. The molecule has 1 aromatic rings. The van der Waals surface area contributed by atoms with E-state index >= 15 is 0 Å². The maximum atomic E-state index is 4.37. The van der Waals surface area contributed by atoms with Crippen LogP contribution in [0.1, 0.15) is 30.9 Å². The van der Waals surface area contributed by atoms with Crippen LogP contribution in [0.25, 0.3) is 0 Å². The molecule has 1 aromatic heterocycles. The SMILES string of the molecule is CC(C)c1ccnc2c1CCS2. The molecule has 2 heterocycles. The molecule has 64 valence electrons. The van der Waals surface area contributed by atoms with Gasteiger partial charge in [0.25, 0.3) is 0 Å². The van der Waals surface area contributed by atoms with Crippen molar-refractivity contribution in [3.05, 3.63) is 23.4 Å². The maximum absolute atomic E-state index is 4.37. The minimum Gasteiger partial charge on any atom is -0.250 e. The summed E-state index contributed by atoms with van der Waals surface area (Å²) < 4.78 is 0. The van der Waals surface area contributed by atoms with Gasteiger partial charge in [0.2, 0.25) is 0 Å². The van der Waals surface area contributed by atoms with Gasteiger partial charge in [-0.25, -0.2) is 4.98 Å². The Morgan fingerprint density at radius 3 is 3.08 bits per heavy atom. The predicted molar refractivity (Wildman–Crippen MR) is 52.8 cm³/mol. The fourth-order valence-corrected chi connectivity index (χ4v) is 2.68. The number of thioether (sulfide) groups is 1. The van der Waals surface area contributed by atoms with Gasteiger partial charge in [0.05, 0.1) is 5.03 Å². The number of hydrogen-bond acceptors (Lipinski definition) is 2. The smallest absolute Gasteiger partial charge is 0.0995 e. The second-order valence-corrected chi connectivity index (χ2v) is 4.52. The quantitative estimate of drug-likeness (QED) is 0.657. The number of hydrogen-bond donors (Lipinski definition) is 0. The van der Waals surface area contributed by atoms with Crippen molar-refractivity contribution >= 4 is 11.8 Å². The second kappa shape index (κ2) is 3.09. The highest BCUT2D eigenvalue weighted by Gasteiger charge is 2.17. The summed E-state index contributed by atoms with van der Waals surface area (Å²) in [5.74, 6) is 1.85. The average molecular weight is 179 g/mol. The fourth-order valence-electron chi connectivity index (χ4n) is 1.65. The molecule has 0 aliphatic carbocycles. The average Bonchev–Trinajstić information content (AvgIpc) is 2.49. The molecule has 12 heavy (non-hydrogen) atoms. The van der Waals surface area contributed by atoms with E-state index in [0.29, 0.717) is 5.92 Å². The van der Waals surface area contributed by atoms with E-state index in [4.69, 9.17) is 0 Å². The minimum atomic E-state index is 0.639. The summed E-state index contributed by atoms with van der Waals surface area (Å²) >= 11 is 1.89. The Morgan fingerprint density at radius 2 is 2.33 bits per heavy atom. The van der Waals surface area contributed by atoms with Crippen LogP contribution in [0.3, 0.4) is 0 Å². The maximum Gasteiger partial charge on any atom is 0.0995 e. The summed E-state index contributed by atoms with van der Waals surface area (Å²) in [4.78, 5) is 4.37. The van der Waals surface area contributed by atoms with Crippen LogP contribution in [0.4, 0.5) is 0 Å². The highest BCUT2D eigenvalue weighted by Crippen LogP contribution is 2.33. The lowest BCUT2D eigenvalue weighted by atomic mass is 9.98. The van der Waals surface area contributed by atoms with E-state index in [2.05, 4.69) is 24.9 Å².